The van der Waals surface area contributed by atoms with Crippen molar-refractivity contribution in [3.05, 3.63) is 46.6 Å². The summed E-state index contributed by atoms with van der Waals surface area (Å²) in [6.45, 7) is 4.01. The molecule has 1 aromatic heterocycles. The molecule has 0 amide bonds. The van der Waals surface area contributed by atoms with Gasteiger partial charge in [-0.1, -0.05) is 25.5 Å². The van der Waals surface area contributed by atoms with Crippen LogP contribution in [0, 0.1) is 0 Å². The van der Waals surface area contributed by atoms with Gasteiger partial charge in [0.2, 0.25) is 16.9 Å². The van der Waals surface area contributed by atoms with Crippen molar-refractivity contribution < 1.29 is 23.4 Å². The number of fused-ring (bicyclic) bond motifs is 1. The second kappa shape index (κ2) is 8.90. The highest BCUT2D eigenvalue weighted by Crippen LogP contribution is 2.43. The topological polar surface area (TPSA) is 67.1 Å². The zero-order valence-corrected chi connectivity index (χ0v) is 17.4. The van der Waals surface area contributed by atoms with E-state index in [1.807, 2.05) is 13.0 Å². The van der Waals surface area contributed by atoms with Crippen LogP contribution in [-0.2, 0) is 0 Å². The summed E-state index contributed by atoms with van der Waals surface area (Å²) in [5.74, 6) is 1.90. The zero-order chi connectivity index (χ0) is 21.0. The molecule has 0 aliphatic carbocycles. The molecule has 0 fully saturated rings. The molecule has 2 aromatic carbocycles. The summed E-state index contributed by atoms with van der Waals surface area (Å²) < 4.78 is 28.5. The van der Waals surface area contributed by atoms with Crippen LogP contribution in [0.5, 0.6) is 23.0 Å². The standard InChI is InChI=1S/C23H26O6/c1-6-9-14(2)28-23-20(24)16-10-7-8-11-17(16)29-21(23)15-12-18(25-3)22(27-5)19(13-15)26-4/h7-8,10-14H,6,9H2,1-5H3. The van der Waals surface area contributed by atoms with E-state index in [1.54, 1.807) is 44.6 Å². The maximum atomic E-state index is 13.2. The molecular formula is C23H26O6. The van der Waals surface area contributed by atoms with Crippen molar-refractivity contribution in [1.29, 1.82) is 0 Å². The molecule has 1 heterocycles. The molecule has 29 heavy (non-hydrogen) atoms. The lowest BCUT2D eigenvalue weighted by Crippen LogP contribution is -2.18. The summed E-state index contributed by atoms with van der Waals surface area (Å²) in [5, 5.41) is 0.474. The lowest BCUT2D eigenvalue weighted by atomic mass is 10.1. The van der Waals surface area contributed by atoms with Gasteiger partial charge in [-0.15, -0.1) is 0 Å². The molecule has 0 radical (unpaired) electrons. The van der Waals surface area contributed by atoms with E-state index >= 15 is 0 Å². The van der Waals surface area contributed by atoms with Crippen molar-refractivity contribution in [1.82, 2.24) is 0 Å². The quantitative estimate of drug-likeness (QED) is 0.529. The molecule has 1 unspecified atom stereocenters. The van der Waals surface area contributed by atoms with Crippen LogP contribution in [0.2, 0.25) is 0 Å². The smallest absolute Gasteiger partial charge is 0.235 e. The molecule has 0 bridgehead atoms. The fraction of sp³-hybridized carbons (Fsp3) is 0.348. The fourth-order valence-corrected chi connectivity index (χ4v) is 3.30. The third kappa shape index (κ3) is 4.01. The summed E-state index contributed by atoms with van der Waals surface area (Å²) in [7, 11) is 4.62. The minimum atomic E-state index is -0.210. The van der Waals surface area contributed by atoms with Gasteiger partial charge >= 0.3 is 0 Å². The van der Waals surface area contributed by atoms with Crippen molar-refractivity contribution >= 4 is 11.0 Å². The van der Waals surface area contributed by atoms with E-state index in [0.717, 1.165) is 12.8 Å². The maximum absolute atomic E-state index is 13.2. The van der Waals surface area contributed by atoms with Crippen LogP contribution >= 0.6 is 0 Å². The highest BCUT2D eigenvalue weighted by molar-refractivity contribution is 5.82. The first-order valence-electron chi connectivity index (χ1n) is 9.56. The highest BCUT2D eigenvalue weighted by atomic mass is 16.5. The number of hydrogen-bond donors (Lipinski definition) is 0. The van der Waals surface area contributed by atoms with E-state index < -0.39 is 0 Å². The minimum Gasteiger partial charge on any atom is -0.493 e. The van der Waals surface area contributed by atoms with E-state index in [-0.39, 0.29) is 17.3 Å². The van der Waals surface area contributed by atoms with Gasteiger partial charge in [0.1, 0.15) is 5.58 Å². The fourth-order valence-electron chi connectivity index (χ4n) is 3.30. The molecule has 0 aliphatic heterocycles. The molecule has 0 aliphatic rings. The Kier molecular flexibility index (Phi) is 6.32. The van der Waals surface area contributed by atoms with Crippen LogP contribution in [0.3, 0.4) is 0 Å². The third-order valence-corrected chi connectivity index (χ3v) is 4.70. The van der Waals surface area contributed by atoms with Crippen LogP contribution in [0.25, 0.3) is 22.3 Å². The van der Waals surface area contributed by atoms with Crippen molar-refractivity contribution in [3.63, 3.8) is 0 Å². The van der Waals surface area contributed by atoms with Gasteiger partial charge < -0.3 is 23.4 Å². The van der Waals surface area contributed by atoms with Crippen LogP contribution < -0.4 is 24.4 Å². The molecule has 0 saturated heterocycles. The predicted octanol–water partition coefficient (Wildman–Crippen LogP) is 5.05. The first-order valence-corrected chi connectivity index (χ1v) is 9.56. The number of ether oxygens (including phenoxy) is 4. The lowest BCUT2D eigenvalue weighted by Gasteiger charge is -2.18. The maximum Gasteiger partial charge on any atom is 0.235 e. The van der Waals surface area contributed by atoms with E-state index in [0.29, 0.717) is 39.5 Å². The van der Waals surface area contributed by atoms with Gasteiger partial charge in [-0.2, -0.15) is 0 Å². The van der Waals surface area contributed by atoms with E-state index in [9.17, 15) is 4.79 Å². The second-order valence-electron chi connectivity index (χ2n) is 6.72. The van der Waals surface area contributed by atoms with Gasteiger partial charge in [-0.05, 0) is 37.6 Å². The van der Waals surface area contributed by atoms with Gasteiger partial charge in [-0.3, -0.25) is 4.79 Å². The SMILES string of the molecule is CCCC(C)Oc1c(-c2cc(OC)c(OC)c(OC)c2)oc2ccccc2c1=O. The Bertz CT molecular complexity index is 1030. The van der Waals surface area contributed by atoms with Gasteiger partial charge in [0.05, 0.1) is 32.8 Å². The van der Waals surface area contributed by atoms with Crippen molar-refractivity contribution in [2.45, 2.75) is 32.8 Å². The van der Waals surface area contributed by atoms with E-state index in [2.05, 4.69) is 6.92 Å². The lowest BCUT2D eigenvalue weighted by molar-refractivity contribution is 0.205. The molecule has 3 aromatic rings. The zero-order valence-electron chi connectivity index (χ0n) is 17.4. The van der Waals surface area contributed by atoms with Gasteiger partial charge in [0.15, 0.2) is 17.3 Å². The van der Waals surface area contributed by atoms with E-state index in [4.69, 9.17) is 23.4 Å². The first-order chi connectivity index (χ1) is 14.0. The Balaban J connectivity index is 2.29. The Labute approximate surface area is 170 Å². The van der Waals surface area contributed by atoms with Crippen LogP contribution in [0.4, 0.5) is 0 Å². The van der Waals surface area contributed by atoms with Crippen LogP contribution in [0.1, 0.15) is 26.7 Å². The molecule has 6 heteroatoms. The van der Waals surface area contributed by atoms with Crippen LogP contribution in [-0.4, -0.2) is 27.4 Å². The predicted molar refractivity (Wildman–Crippen MR) is 113 cm³/mol. The number of benzene rings is 2. The Morgan fingerprint density at radius 2 is 1.62 bits per heavy atom. The minimum absolute atomic E-state index is 0.134. The molecule has 154 valence electrons. The molecule has 0 N–H and O–H groups in total. The Hall–Kier alpha value is -3.15. The van der Waals surface area contributed by atoms with Gasteiger partial charge in [0, 0.05) is 5.56 Å². The average molecular weight is 398 g/mol. The summed E-state index contributed by atoms with van der Waals surface area (Å²) in [6.07, 6.45) is 1.63. The summed E-state index contributed by atoms with van der Waals surface area (Å²) >= 11 is 0. The van der Waals surface area contributed by atoms with E-state index in [1.165, 1.54) is 7.11 Å². The van der Waals surface area contributed by atoms with Crippen molar-refractivity contribution in [2.75, 3.05) is 21.3 Å². The van der Waals surface area contributed by atoms with Crippen LogP contribution in [0.15, 0.2) is 45.6 Å². The summed E-state index contributed by atoms with van der Waals surface area (Å²) in [6, 6.07) is 10.6. The summed E-state index contributed by atoms with van der Waals surface area (Å²) in [4.78, 5) is 13.2. The van der Waals surface area contributed by atoms with Crippen molar-refractivity contribution in [3.8, 4) is 34.3 Å². The van der Waals surface area contributed by atoms with Crippen molar-refractivity contribution in [2.24, 2.45) is 0 Å². The van der Waals surface area contributed by atoms with Gasteiger partial charge in [0.25, 0.3) is 0 Å². The largest absolute Gasteiger partial charge is 0.493 e. The molecule has 0 spiro atoms. The number of hydrogen-bond acceptors (Lipinski definition) is 6. The van der Waals surface area contributed by atoms with Gasteiger partial charge in [-0.25, -0.2) is 0 Å². The summed E-state index contributed by atoms with van der Waals surface area (Å²) in [5.41, 5.74) is 0.872. The number of methoxy groups -OCH3 is 3. The second-order valence-corrected chi connectivity index (χ2v) is 6.72. The number of rotatable bonds is 8. The monoisotopic (exact) mass is 398 g/mol. The molecule has 1 atom stereocenters. The molecule has 6 nitrogen and oxygen atoms in total. The molecule has 0 saturated carbocycles. The molecule has 3 rings (SSSR count). The molecular weight excluding hydrogens is 372 g/mol. The number of para-hydroxylation sites is 1. The Morgan fingerprint density at radius 1 is 0.966 bits per heavy atom. The first kappa shape index (κ1) is 20.6. The average Bonchev–Trinajstić information content (AvgIpc) is 2.74. The Morgan fingerprint density at radius 3 is 2.21 bits per heavy atom. The normalized spacial score (nSPS) is 11.9. The highest BCUT2D eigenvalue weighted by Gasteiger charge is 2.23. The third-order valence-electron chi connectivity index (χ3n) is 4.70.